The lowest BCUT2D eigenvalue weighted by Gasteiger charge is -2.22. The SMILES string of the molecule is O=C(NCCN1CCC2(C1)OCCO2)c1cc(F)c(F)c(F)c1F. The number of benzene rings is 1. The van der Waals surface area contributed by atoms with Gasteiger partial charge in [0.05, 0.1) is 25.3 Å². The topological polar surface area (TPSA) is 50.8 Å². The molecule has 1 spiro atoms. The average Bonchev–Trinajstić information content (AvgIpc) is 3.19. The Labute approximate surface area is 135 Å². The van der Waals surface area contributed by atoms with Crippen LogP contribution < -0.4 is 5.32 Å². The number of amides is 1. The van der Waals surface area contributed by atoms with Crippen LogP contribution in [-0.2, 0) is 9.47 Å². The minimum atomic E-state index is -2.00. The van der Waals surface area contributed by atoms with Gasteiger partial charge in [-0.1, -0.05) is 0 Å². The van der Waals surface area contributed by atoms with Crippen molar-refractivity contribution in [1.82, 2.24) is 10.2 Å². The Kier molecular flexibility index (Phi) is 4.75. The fourth-order valence-electron chi connectivity index (χ4n) is 2.91. The van der Waals surface area contributed by atoms with Crippen LogP contribution in [-0.4, -0.2) is 56.0 Å². The second-order valence-electron chi connectivity index (χ2n) is 5.74. The number of ether oxygens (including phenoxy) is 2. The van der Waals surface area contributed by atoms with Crippen molar-refractivity contribution in [2.24, 2.45) is 0 Å². The molecule has 1 amide bonds. The van der Waals surface area contributed by atoms with E-state index in [1.54, 1.807) is 0 Å². The van der Waals surface area contributed by atoms with E-state index >= 15 is 0 Å². The minimum absolute atomic E-state index is 0.134. The maximum atomic E-state index is 13.5. The van der Waals surface area contributed by atoms with Crippen molar-refractivity contribution in [2.45, 2.75) is 12.2 Å². The van der Waals surface area contributed by atoms with E-state index in [1.165, 1.54) is 0 Å². The third-order valence-electron chi connectivity index (χ3n) is 4.15. The molecule has 0 saturated carbocycles. The molecule has 2 aliphatic rings. The number of carbonyl (C=O) groups excluding carboxylic acids is 1. The summed E-state index contributed by atoms with van der Waals surface area (Å²) in [4.78, 5) is 13.8. The molecule has 0 aliphatic carbocycles. The summed E-state index contributed by atoms with van der Waals surface area (Å²) in [5.74, 6) is -8.86. The Hall–Kier alpha value is -1.71. The lowest BCUT2D eigenvalue weighted by Crippen LogP contribution is -2.38. The quantitative estimate of drug-likeness (QED) is 0.508. The fraction of sp³-hybridized carbons (Fsp3) is 0.533. The molecule has 24 heavy (non-hydrogen) atoms. The van der Waals surface area contributed by atoms with Crippen LogP contribution in [0, 0.1) is 23.3 Å². The minimum Gasteiger partial charge on any atom is -0.351 e. The van der Waals surface area contributed by atoms with Crippen LogP contribution in [0.25, 0.3) is 0 Å². The van der Waals surface area contributed by atoms with Crippen LogP contribution in [0.1, 0.15) is 16.8 Å². The molecular weight excluding hydrogens is 332 g/mol. The molecule has 0 atom stereocenters. The van der Waals surface area contributed by atoms with Gasteiger partial charge in [0.15, 0.2) is 29.1 Å². The highest BCUT2D eigenvalue weighted by Crippen LogP contribution is 2.30. The highest BCUT2D eigenvalue weighted by atomic mass is 19.2. The molecule has 0 aromatic heterocycles. The van der Waals surface area contributed by atoms with Gasteiger partial charge in [-0.3, -0.25) is 9.69 Å². The Balaban J connectivity index is 1.53. The summed E-state index contributed by atoms with van der Waals surface area (Å²) >= 11 is 0. The summed E-state index contributed by atoms with van der Waals surface area (Å²) < 4.78 is 63.8. The number of likely N-dealkylation sites (tertiary alicyclic amines) is 1. The van der Waals surface area contributed by atoms with Crippen molar-refractivity contribution in [3.8, 4) is 0 Å². The monoisotopic (exact) mass is 348 g/mol. The molecule has 1 aromatic carbocycles. The van der Waals surface area contributed by atoms with Gasteiger partial charge in [-0.05, 0) is 6.07 Å². The molecule has 9 heteroatoms. The largest absolute Gasteiger partial charge is 0.351 e. The van der Waals surface area contributed by atoms with E-state index in [9.17, 15) is 22.4 Å². The number of hydrogen-bond donors (Lipinski definition) is 1. The average molecular weight is 348 g/mol. The predicted molar refractivity (Wildman–Crippen MR) is 74.3 cm³/mol. The second kappa shape index (κ2) is 6.66. The molecule has 2 fully saturated rings. The van der Waals surface area contributed by atoms with Crippen LogP contribution >= 0.6 is 0 Å². The van der Waals surface area contributed by atoms with Crippen molar-refractivity contribution in [3.63, 3.8) is 0 Å². The lowest BCUT2D eigenvalue weighted by atomic mass is 10.1. The molecule has 1 N–H and O–H groups in total. The Morgan fingerprint density at radius 2 is 1.88 bits per heavy atom. The van der Waals surface area contributed by atoms with Crippen LogP contribution in [0.5, 0.6) is 0 Å². The molecule has 0 unspecified atom stereocenters. The van der Waals surface area contributed by atoms with Gasteiger partial charge >= 0.3 is 0 Å². The summed E-state index contributed by atoms with van der Waals surface area (Å²) in [5.41, 5.74) is -0.869. The number of nitrogens with one attached hydrogen (secondary N) is 1. The number of hydrogen-bond acceptors (Lipinski definition) is 4. The summed E-state index contributed by atoms with van der Waals surface area (Å²) in [6, 6.07) is 0.341. The van der Waals surface area contributed by atoms with Crippen molar-refractivity contribution < 1.29 is 31.8 Å². The van der Waals surface area contributed by atoms with Crippen LogP contribution in [0.2, 0.25) is 0 Å². The first-order valence-electron chi connectivity index (χ1n) is 7.53. The Morgan fingerprint density at radius 1 is 1.17 bits per heavy atom. The summed E-state index contributed by atoms with van der Waals surface area (Å²) in [6.45, 7) is 2.93. The summed E-state index contributed by atoms with van der Waals surface area (Å²) in [6.07, 6.45) is 0.712. The van der Waals surface area contributed by atoms with Crippen LogP contribution in [0.15, 0.2) is 6.07 Å². The summed E-state index contributed by atoms with van der Waals surface area (Å²) in [7, 11) is 0. The first-order chi connectivity index (χ1) is 11.4. The van der Waals surface area contributed by atoms with Gasteiger partial charge in [-0.2, -0.15) is 0 Å². The molecule has 0 radical (unpaired) electrons. The van der Waals surface area contributed by atoms with Gasteiger partial charge < -0.3 is 14.8 Å². The van der Waals surface area contributed by atoms with Gasteiger partial charge in [0.25, 0.3) is 5.91 Å². The van der Waals surface area contributed by atoms with E-state index in [2.05, 4.69) is 5.32 Å². The molecule has 5 nitrogen and oxygen atoms in total. The number of nitrogens with zero attached hydrogens (tertiary/aromatic N) is 1. The molecule has 2 heterocycles. The zero-order valence-corrected chi connectivity index (χ0v) is 12.7. The van der Waals surface area contributed by atoms with Gasteiger partial charge in [-0.15, -0.1) is 0 Å². The van der Waals surface area contributed by atoms with Gasteiger partial charge in [0.1, 0.15) is 0 Å². The zero-order chi connectivity index (χ0) is 17.3. The summed E-state index contributed by atoms with van der Waals surface area (Å²) in [5, 5.41) is 2.36. The number of carbonyl (C=O) groups is 1. The van der Waals surface area contributed by atoms with Crippen molar-refractivity contribution in [2.75, 3.05) is 39.4 Å². The van der Waals surface area contributed by atoms with Crippen molar-refractivity contribution in [3.05, 3.63) is 34.9 Å². The van der Waals surface area contributed by atoms with Crippen molar-refractivity contribution in [1.29, 1.82) is 0 Å². The van der Waals surface area contributed by atoms with E-state index in [1.807, 2.05) is 4.90 Å². The van der Waals surface area contributed by atoms with Gasteiger partial charge in [-0.25, -0.2) is 17.6 Å². The maximum Gasteiger partial charge on any atom is 0.254 e. The molecular formula is C15H16F4N2O3. The van der Waals surface area contributed by atoms with Crippen molar-refractivity contribution >= 4 is 5.91 Å². The first kappa shape index (κ1) is 17.1. The Morgan fingerprint density at radius 3 is 2.58 bits per heavy atom. The highest BCUT2D eigenvalue weighted by Gasteiger charge is 2.42. The van der Waals surface area contributed by atoms with E-state index in [4.69, 9.17) is 9.47 Å². The predicted octanol–water partition coefficient (Wildman–Crippen LogP) is 1.42. The first-order valence-corrected chi connectivity index (χ1v) is 7.53. The lowest BCUT2D eigenvalue weighted by molar-refractivity contribution is -0.145. The second-order valence-corrected chi connectivity index (χ2v) is 5.74. The van der Waals surface area contributed by atoms with Gasteiger partial charge in [0.2, 0.25) is 0 Å². The molecule has 0 bridgehead atoms. The van der Waals surface area contributed by atoms with Crippen LogP contribution in [0.3, 0.4) is 0 Å². The molecule has 3 rings (SSSR count). The smallest absolute Gasteiger partial charge is 0.254 e. The maximum absolute atomic E-state index is 13.5. The molecule has 2 saturated heterocycles. The standard InChI is InChI=1S/C15H16F4N2O3/c16-10-7-9(11(17)13(19)12(10)18)14(22)20-2-4-21-3-1-15(8-21)23-5-6-24-15/h7H,1-6,8H2,(H,20,22). The van der Waals surface area contributed by atoms with E-state index in [0.29, 0.717) is 45.3 Å². The number of halogens is 4. The molecule has 1 aromatic rings. The molecule has 132 valence electrons. The Bertz CT molecular complexity index is 650. The zero-order valence-electron chi connectivity index (χ0n) is 12.7. The highest BCUT2D eigenvalue weighted by molar-refractivity contribution is 5.94. The third kappa shape index (κ3) is 3.24. The van der Waals surface area contributed by atoms with Crippen LogP contribution in [0.4, 0.5) is 17.6 Å². The fourth-order valence-corrected chi connectivity index (χ4v) is 2.91. The van der Waals surface area contributed by atoms with E-state index in [0.717, 1.165) is 0 Å². The third-order valence-corrected chi connectivity index (χ3v) is 4.15. The van der Waals surface area contributed by atoms with E-state index < -0.39 is 40.5 Å². The van der Waals surface area contributed by atoms with Gasteiger partial charge in [0, 0.05) is 26.1 Å². The normalized spacial score (nSPS) is 20.0. The number of rotatable bonds is 4. The molecule has 2 aliphatic heterocycles. The van der Waals surface area contributed by atoms with E-state index in [-0.39, 0.29) is 6.54 Å².